The van der Waals surface area contributed by atoms with E-state index in [4.69, 9.17) is 9.47 Å². The topological polar surface area (TPSA) is 89.0 Å². The molecule has 2 atom stereocenters. The monoisotopic (exact) mass is 374 g/mol. The Hall–Kier alpha value is -2.61. The van der Waals surface area contributed by atoms with Crippen molar-refractivity contribution in [1.29, 1.82) is 0 Å². The fourth-order valence-corrected chi connectivity index (χ4v) is 4.18. The van der Waals surface area contributed by atoms with E-state index in [1.807, 2.05) is 25.1 Å². The summed E-state index contributed by atoms with van der Waals surface area (Å²) < 4.78 is 10.7. The molecule has 2 aromatic rings. The molecule has 3 heterocycles. The number of likely N-dealkylation sites (tertiary alicyclic amines) is 1. The molecule has 0 bridgehead atoms. The number of hydrogen-bond donors (Lipinski definition) is 1. The second kappa shape index (κ2) is 6.60. The molecule has 7 nitrogen and oxygen atoms in total. The van der Waals surface area contributed by atoms with Crippen LogP contribution in [0.1, 0.15) is 23.8 Å². The smallest absolute Gasteiger partial charge is 0.306 e. The van der Waals surface area contributed by atoms with Crippen LogP contribution in [0.3, 0.4) is 0 Å². The number of rotatable bonds is 3. The van der Waals surface area contributed by atoms with E-state index in [-0.39, 0.29) is 18.6 Å². The summed E-state index contributed by atoms with van der Waals surface area (Å²) in [5.41, 5.74) is 1.26. The van der Waals surface area contributed by atoms with Crippen LogP contribution in [-0.4, -0.2) is 46.7 Å². The number of piperidine rings is 1. The van der Waals surface area contributed by atoms with Crippen molar-refractivity contribution in [2.45, 2.75) is 13.3 Å². The zero-order valence-corrected chi connectivity index (χ0v) is 15.0. The summed E-state index contributed by atoms with van der Waals surface area (Å²) in [6.07, 6.45) is 0.474. The Labute approximate surface area is 154 Å². The summed E-state index contributed by atoms with van der Waals surface area (Å²) in [6, 6.07) is 5.58. The van der Waals surface area contributed by atoms with Crippen LogP contribution in [0.4, 0.5) is 0 Å². The fraction of sp³-hybridized carbons (Fsp3) is 0.389. The number of thiazole rings is 1. The van der Waals surface area contributed by atoms with Gasteiger partial charge in [-0.05, 0) is 30.5 Å². The van der Waals surface area contributed by atoms with Crippen LogP contribution in [-0.2, 0) is 4.79 Å². The van der Waals surface area contributed by atoms with Gasteiger partial charge in [-0.15, -0.1) is 11.3 Å². The van der Waals surface area contributed by atoms with Crippen molar-refractivity contribution >= 4 is 23.2 Å². The molecular formula is C18H18N2O5S. The van der Waals surface area contributed by atoms with Crippen LogP contribution < -0.4 is 9.47 Å². The predicted octanol–water partition coefficient (Wildman–Crippen LogP) is 2.72. The zero-order chi connectivity index (χ0) is 18.3. The van der Waals surface area contributed by atoms with Gasteiger partial charge in [0.1, 0.15) is 10.7 Å². The average molecular weight is 374 g/mol. The van der Waals surface area contributed by atoms with Crippen LogP contribution in [0.15, 0.2) is 23.6 Å². The number of carbonyl (C=O) groups is 2. The van der Waals surface area contributed by atoms with Gasteiger partial charge in [-0.25, -0.2) is 4.98 Å². The number of carboxylic acid groups (broad SMARTS) is 1. The summed E-state index contributed by atoms with van der Waals surface area (Å²) in [4.78, 5) is 30.1. The number of amides is 1. The van der Waals surface area contributed by atoms with Gasteiger partial charge in [0, 0.05) is 24.0 Å². The second-order valence-electron chi connectivity index (χ2n) is 6.57. The van der Waals surface area contributed by atoms with E-state index >= 15 is 0 Å². The van der Waals surface area contributed by atoms with Crippen LogP contribution in [0, 0.1) is 11.8 Å². The van der Waals surface area contributed by atoms with Crippen LogP contribution in [0.2, 0.25) is 0 Å². The lowest BCUT2D eigenvalue weighted by Gasteiger charge is -2.34. The van der Waals surface area contributed by atoms with Crippen LogP contribution >= 0.6 is 11.3 Å². The summed E-state index contributed by atoms with van der Waals surface area (Å²) in [5, 5.41) is 11.7. The lowest BCUT2D eigenvalue weighted by Crippen LogP contribution is -2.45. The Kier molecular flexibility index (Phi) is 4.28. The number of aromatic nitrogens is 1. The van der Waals surface area contributed by atoms with E-state index < -0.39 is 11.9 Å². The standard InChI is InChI=1S/C18H18N2O5S/c1-10-7-20(5-4-12(10)18(22)23)17(21)13-8-26-16(19-13)11-2-3-14-15(6-11)25-9-24-14/h2-3,6,8,10,12H,4-5,7,9H2,1H3,(H,22,23). The summed E-state index contributed by atoms with van der Waals surface area (Å²) in [6.45, 7) is 2.96. The molecular weight excluding hydrogens is 356 g/mol. The highest BCUT2D eigenvalue weighted by Crippen LogP contribution is 2.37. The highest BCUT2D eigenvalue weighted by atomic mass is 32.1. The third kappa shape index (κ3) is 3.01. The minimum Gasteiger partial charge on any atom is -0.481 e. The molecule has 136 valence electrons. The molecule has 4 rings (SSSR count). The molecule has 0 saturated carbocycles. The molecule has 0 radical (unpaired) electrons. The van der Waals surface area contributed by atoms with E-state index in [1.54, 1.807) is 10.3 Å². The average Bonchev–Trinajstić information content (AvgIpc) is 3.29. The molecule has 0 aliphatic carbocycles. The van der Waals surface area contributed by atoms with Gasteiger partial charge >= 0.3 is 5.97 Å². The van der Waals surface area contributed by atoms with Gasteiger partial charge in [-0.3, -0.25) is 9.59 Å². The van der Waals surface area contributed by atoms with E-state index in [9.17, 15) is 14.7 Å². The van der Waals surface area contributed by atoms with Crippen molar-refractivity contribution in [3.63, 3.8) is 0 Å². The normalized spacial score (nSPS) is 21.7. The molecule has 2 unspecified atom stereocenters. The van der Waals surface area contributed by atoms with Crippen molar-refractivity contribution in [3.05, 3.63) is 29.3 Å². The number of benzene rings is 1. The minimum atomic E-state index is -0.789. The number of fused-ring (bicyclic) bond motifs is 1. The van der Waals surface area contributed by atoms with Gasteiger partial charge in [-0.1, -0.05) is 6.92 Å². The van der Waals surface area contributed by atoms with E-state index in [2.05, 4.69) is 4.98 Å². The molecule has 2 aliphatic heterocycles. The number of aliphatic carboxylic acids is 1. The Balaban J connectivity index is 1.49. The predicted molar refractivity (Wildman–Crippen MR) is 94.5 cm³/mol. The SMILES string of the molecule is CC1CN(C(=O)c2csc(-c3ccc4c(c3)OCO4)n2)CCC1C(=O)O. The number of hydrogen-bond acceptors (Lipinski definition) is 6. The molecule has 26 heavy (non-hydrogen) atoms. The van der Waals surface area contributed by atoms with E-state index in [0.717, 1.165) is 10.6 Å². The van der Waals surface area contributed by atoms with Crippen molar-refractivity contribution in [1.82, 2.24) is 9.88 Å². The molecule has 2 aliphatic rings. The summed E-state index contributed by atoms with van der Waals surface area (Å²) >= 11 is 1.40. The van der Waals surface area contributed by atoms with E-state index in [0.29, 0.717) is 36.7 Å². The summed E-state index contributed by atoms with van der Waals surface area (Å²) in [5.74, 6) is -0.0184. The lowest BCUT2D eigenvalue weighted by molar-refractivity contribution is -0.145. The van der Waals surface area contributed by atoms with Crippen molar-refractivity contribution in [2.24, 2.45) is 11.8 Å². The number of carbonyl (C=O) groups excluding carboxylic acids is 1. The minimum absolute atomic E-state index is 0.0721. The third-order valence-corrected chi connectivity index (χ3v) is 5.74. The zero-order valence-electron chi connectivity index (χ0n) is 14.2. The Morgan fingerprint density at radius 1 is 1.31 bits per heavy atom. The maximum absolute atomic E-state index is 12.7. The van der Waals surface area contributed by atoms with Crippen LogP contribution in [0.25, 0.3) is 10.6 Å². The van der Waals surface area contributed by atoms with Crippen molar-refractivity contribution in [2.75, 3.05) is 19.9 Å². The quantitative estimate of drug-likeness (QED) is 0.889. The second-order valence-corrected chi connectivity index (χ2v) is 7.43. The van der Waals surface area contributed by atoms with E-state index in [1.165, 1.54) is 11.3 Å². The van der Waals surface area contributed by atoms with Gasteiger partial charge in [0.15, 0.2) is 11.5 Å². The van der Waals surface area contributed by atoms with Gasteiger partial charge in [-0.2, -0.15) is 0 Å². The molecule has 0 spiro atoms. The fourth-order valence-electron chi connectivity index (χ4n) is 3.39. The number of carboxylic acids is 1. The van der Waals surface area contributed by atoms with Crippen molar-refractivity contribution in [3.8, 4) is 22.1 Å². The van der Waals surface area contributed by atoms with Crippen LogP contribution in [0.5, 0.6) is 11.5 Å². The third-order valence-electron chi connectivity index (χ3n) is 4.85. The molecule has 8 heteroatoms. The molecule has 1 saturated heterocycles. The number of nitrogens with zero attached hydrogens (tertiary/aromatic N) is 2. The maximum Gasteiger partial charge on any atom is 0.306 e. The first kappa shape index (κ1) is 16.8. The highest BCUT2D eigenvalue weighted by molar-refractivity contribution is 7.13. The molecule has 1 amide bonds. The van der Waals surface area contributed by atoms with Gasteiger partial charge in [0.05, 0.1) is 5.92 Å². The first-order valence-corrected chi connectivity index (χ1v) is 9.28. The summed E-state index contributed by atoms with van der Waals surface area (Å²) in [7, 11) is 0. The maximum atomic E-state index is 12.7. The largest absolute Gasteiger partial charge is 0.481 e. The Morgan fingerprint density at radius 2 is 2.12 bits per heavy atom. The van der Waals surface area contributed by atoms with Crippen molar-refractivity contribution < 1.29 is 24.2 Å². The first-order valence-electron chi connectivity index (χ1n) is 8.40. The number of ether oxygens (including phenoxy) is 2. The molecule has 1 fully saturated rings. The van der Waals surface area contributed by atoms with Gasteiger partial charge in [0.2, 0.25) is 6.79 Å². The molecule has 1 aromatic heterocycles. The molecule has 1 aromatic carbocycles. The van der Waals surface area contributed by atoms with Gasteiger partial charge < -0.3 is 19.5 Å². The lowest BCUT2D eigenvalue weighted by atomic mass is 9.87. The first-order chi connectivity index (χ1) is 12.5. The Bertz CT molecular complexity index is 865. The Morgan fingerprint density at radius 3 is 2.88 bits per heavy atom. The van der Waals surface area contributed by atoms with Gasteiger partial charge in [0.25, 0.3) is 5.91 Å². The molecule has 1 N–H and O–H groups in total. The highest BCUT2D eigenvalue weighted by Gasteiger charge is 2.33.